The Labute approximate surface area is 107 Å². The zero-order valence-electron chi connectivity index (χ0n) is 10.8. The van der Waals surface area contributed by atoms with Gasteiger partial charge in [-0.25, -0.2) is 4.39 Å². The van der Waals surface area contributed by atoms with Crippen molar-refractivity contribution in [2.45, 2.75) is 12.8 Å². The van der Waals surface area contributed by atoms with Crippen LogP contribution in [0.5, 0.6) is 5.75 Å². The van der Waals surface area contributed by atoms with Crippen LogP contribution in [0.1, 0.15) is 12.0 Å². The van der Waals surface area contributed by atoms with Crippen molar-refractivity contribution in [2.75, 3.05) is 40.0 Å². The van der Waals surface area contributed by atoms with Crippen molar-refractivity contribution in [3.63, 3.8) is 0 Å². The van der Waals surface area contributed by atoms with E-state index < -0.39 is 0 Å². The summed E-state index contributed by atoms with van der Waals surface area (Å²) in [5.74, 6) is 0.112. The van der Waals surface area contributed by atoms with Crippen LogP contribution in [0.2, 0.25) is 0 Å². The number of ether oxygens (including phenoxy) is 2. The standard InChI is InChI=1S/C14H20FNO2/c1-17-13-6-2-4-12(14(13)15)5-3-7-16-8-10-18-11-9-16/h2,4,6H,3,5,7-11H2,1H3. The number of morpholine rings is 1. The zero-order chi connectivity index (χ0) is 12.8. The van der Waals surface area contributed by atoms with E-state index in [9.17, 15) is 4.39 Å². The molecule has 0 atom stereocenters. The average molecular weight is 253 g/mol. The highest BCUT2D eigenvalue weighted by atomic mass is 19.1. The third-order valence-electron chi connectivity index (χ3n) is 3.29. The Balaban J connectivity index is 1.82. The summed E-state index contributed by atoms with van der Waals surface area (Å²) in [5, 5.41) is 0. The Hall–Kier alpha value is -1.13. The number of rotatable bonds is 5. The molecule has 0 aliphatic carbocycles. The van der Waals surface area contributed by atoms with Gasteiger partial charge in [0.15, 0.2) is 11.6 Å². The summed E-state index contributed by atoms with van der Waals surface area (Å²) in [5.41, 5.74) is 0.739. The summed E-state index contributed by atoms with van der Waals surface area (Å²) < 4.78 is 24.2. The van der Waals surface area contributed by atoms with Crippen LogP contribution in [0.25, 0.3) is 0 Å². The van der Waals surface area contributed by atoms with Crippen LogP contribution in [-0.2, 0) is 11.2 Å². The molecule has 100 valence electrons. The molecular formula is C14H20FNO2. The lowest BCUT2D eigenvalue weighted by Crippen LogP contribution is -2.36. The highest BCUT2D eigenvalue weighted by Crippen LogP contribution is 2.21. The van der Waals surface area contributed by atoms with Crippen molar-refractivity contribution in [3.8, 4) is 5.75 Å². The molecule has 0 aromatic heterocycles. The summed E-state index contributed by atoms with van der Waals surface area (Å²) in [6, 6.07) is 5.32. The zero-order valence-corrected chi connectivity index (χ0v) is 10.8. The van der Waals surface area contributed by atoms with Gasteiger partial charge in [0.05, 0.1) is 20.3 Å². The molecule has 1 aliphatic heterocycles. The minimum atomic E-state index is -0.220. The number of benzene rings is 1. The van der Waals surface area contributed by atoms with E-state index in [1.54, 1.807) is 6.07 Å². The molecule has 1 heterocycles. The molecule has 0 spiro atoms. The Kier molecular flexibility index (Phi) is 4.96. The van der Waals surface area contributed by atoms with E-state index in [2.05, 4.69) is 4.90 Å². The van der Waals surface area contributed by atoms with Crippen molar-refractivity contribution in [1.29, 1.82) is 0 Å². The van der Waals surface area contributed by atoms with E-state index >= 15 is 0 Å². The third-order valence-corrected chi connectivity index (χ3v) is 3.29. The molecule has 0 bridgehead atoms. The lowest BCUT2D eigenvalue weighted by molar-refractivity contribution is 0.0374. The highest BCUT2D eigenvalue weighted by molar-refractivity contribution is 5.31. The van der Waals surface area contributed by atoms with Gasteiger partial charge in [0, 0.05) is 13.1 Å². The van der Waals surface area contributed by atoms with Crippen molar-refractivity contribution in [1.82, 2.24) is 4.90 Å². The number of methoxy groups -OCH3 is 1. The van der Waals surface area contributed by atoms with Gasteiger partial charge in [-0.1, -0.05) is 12.1 Å². The molecule has 0 unspecified atom stereocenters. The second kappa shape index (κ2) is 6.71. The first-order chi connectivity index (χ1) is 8.81. The molecular weight excluding hydrogens is 233 g/mol. The van der Waals surface area contributed by atoms with Gasteiger partial charge in [-0.05, 0) is 31.0 Å². The number of hydrogen-bond donors (Lipinski definition) is 0. The fourth-order valence-electron chi connectivity index (χ4n) is 2.22. The minimum Gasteiger partial charge on any atom is -0.494 e. The Bertz CT molecular complexity index is 378. The molecule has 18 heavy (non-hydrogen) atoms. The predicted molar refractivity (Wildman–Crippen MR) is 68.5 cm³/mol. The van der Waals surface area contributed by atoms with Gasteiger partial charge in [-0.15, -0.1) is 0 Å². The van der Waals surface area contributed by atoms with Crippen molar-refractivity contribution < 1.29 is 13.9 Å². The molecule has 2 rings (SSSR count). The summed E-state index contributed by atoms with van der Waals surface area (Å²) in [4.78, 5) is 2.36. The molecule has 1 aromatic carbocycles. The van der Waals surface area contributed by atoms with Crippen LogP contribution >= 0.6 is 0 Å². The van der Waals surface area contributed by atoms with Crippen molar-refractivity contribution in [3.05, 3.63) is 29.6 Å². The summed E-state index contributed by atoms with van der Waals surface area (Å²) in [7, 11) is 1.50. The van der Waals surface area contributed by atoms with Gasteiger partial charge in [0.25, 0.3) is 0 Å². The van der Waals surface area contributed by atoms with E-state index in [0.717, 1.165) is 51.3 Å². The second-order valence-corrected chi connectivity index (χ2v) is 4.49. The van der Waals surface area contributed by atoms with Gasteiger partial charge >= 0.3 is 0 Å². The van der Waals surface area contributed by atoms with Gasteiger partial charge in [-0.3, -0.25) is 4.90 Å². The maximum atomic E-state index is 13.9. The molecule has 0 radical (unpaired) electrons. The van der Waals surface area contributed by atoms with Crippen LogP contribution < -0.4 is 4.74 Å². The van der Waals surface area contributed by atoms with Gasteiger partial charge in [0.1, 0.15) is 0 Å². The smallest absolute Gasteiger partial charge is 0.168 e. The second-order valence-electron chi connectivity index (χ2n) is 4.49. The first kappa shape index (κ1) is 13.3. The number of hydrogen-bond acceptors (Lipinski definition) is 3. The third kappa shape index (κ3) is 3.43. The van der Waals surface area contributed by atoms with Gasteiger partial charge in [0.2, 0.25) is 0 Å². The fraction of sp³-hybridized carbons (Fsp3) is 0.571. The van der Waals surface area contributed by atoms with Crippen molar-refractivity contribution in [2.24, 2.45) is 0 Å². The van der Waals surface area contributed by atoms with Crippen LogP contribution in [0.3, 0.4) is 0 Å². The number of nitrogens with zero attached hydrogens (tertiary/aromatic N) is 1. The topological polar surface area (TPSA) is 21.7 Å². The Morgan fingerprint density at radius 3 is 2.83 bits per heavy atom. The van der Waals surface area contributed by atoms with Gasteiger partial charge < -0.3 is 9.47 Å². The predicted octanol–water partition coefficient (Wildman–Crippen LogP) is 2.10. The molecule has 4 heteroatoms. The molecule has 0 saturated carbocycles. The maximum Gasteiger partial charge on any atom is 0.168 e. The van der Waals surface area contributed by atoms with Crippen LogP contribution in [-0.4, -0.2) is 44.9 Å². The average Bonchev–Trinajstić information content (AvgIpc) is 2.42. The van der Waals surface area contributed by atoms with E-state index in [-0.39, 0.29) is 5.82 Å². The van der Waals surface area contributed by atoms with Crippen LogP contribution in [0.15, 0.2) is 18.2 Å². The van der Waals surface area contributed by atoms with Crippen LogP contribution in [0.4, 0.5) is 4.39 Å². The summed E-state index contributed by atoms with van der Waals surface area (Å²) >= 11 is 0. The normalized spacial score (nSPS) is 16.8. The summed E-state index contributed by atoms with van der Waals surface area (Å²) in [6.07, 6.45) is 1.71. The Morgan fingerprint density at radius 1 is 1.33 bits per heavy atom. The Morgan fingerprint density at radius 2 is 2.11 bits per heavy atom. The molecule has 3 nitrogen and oxygen atoms in total. The van der Waals surface area contributed by atoms with Crippen molar-refractivity contribution >= 4 is 0 Å². The molecule has 1 saturated heterocycles. The molecule has 1 aliphatic rings. The quantitative estimate of drug-likeness (QED) is 0.802. The number of aryl methyl sites for hydroxylation is 1. The van der Waals surface area contributed by atoms with E-state index in [1.807, 2.05) is 12.1 Å². The first-order valence-electron chi connectivity index (χ1n) is 6.42. The van der Waals surface area contributed by atoms with E-state index in [1.165, 1.54) is 7.11 Å². The fourth-order valence-corrected chi connectivity index (χ4v) is 2.22. The van der Waals surface area contributed by atoms with Crippen LogP contribution in [0, 0.1) is 5.82 Å². The molecule has 0 amide bonds. The summed E-state index contributed by atoms with van der Waals surface area (Å²) in [6.45, 7) is 4.60. The van der Waals surface area contributed by atoms with Gasteiger partial charge in [-0.2, -0.15) is 0 Å². The molecule has 1 fully saturated rings. The minimum absolute atomic E-state index is 0.220. The lowest BCUT2D eigenvalue weighted by Gasteiger charge is -2.26. The molecule has 1 aromatic rings. The monoisotopic (exact) mass is 253 g/mol. The molecule has 0 N–H and O–H groups in total. The number of halogens is 1. The first-order valence-corrected chi connectivity index (χ1v) is 6.42. The highest BCUT2D eigenvalue weighted by Gasteiger charge is 2.11. The SMILES string of the molecule is COc1cccc(CCCN2CCOCC2)c1F. The lowest BCUT2D eigenvalue weighted by atomic mass is 10.1. The van der Waals surface area contributed by atoms with E-state index in [0.29, 0.717) is 5.75 Å². The maximum absolute atomic E-state index is 13.9. The van der Waals surface area contributed by atoms with E-state index in [4.69, 9.17) is 9.47 Å². The largest absolute Gasteiger partial charge is 0.494 e.